The van der Waals surface area contributed by atoms with E-state index in [9.17, 15) is 18.0 Å². The number of rotatable bonds is 2. The molecule has 1 saturated heterocycles. The number of anilines is 1. The fraction of sp³-hybridized carbons (Fsp3) is 0.667. The van der Waals surface area contributed by atoms with Gasteiger partial charge in [0, 0.05) is 24.6 Å². The Bertz CT molecular complexity index is 476. The van der Waals surface area contributed by atoms with Gasteiger partial charge in [0.1, 0.15) is 0 Å². The van der Waals surface area contributed by atoms with Gasteiger partial charge >= 0.3 is 12.1 Å². The summed E-state index contributed by atoms with van der Waals surface area (Å²) in [6, 6.07) is 0. The Morgan fingerprint density at radius 1 is 1.56 bits per heavy atom. The van der Waals surface area contributed by atoms with Gasteiger partial charge in [0.05, 0.1) is 5.41 Å². The van der Waals surface area contributed by atoms with Crippen LogP contribution in [0.4, 0.5) is 18.3 Å². The monoisotopic (exact) mass is 281 g/mol. The van der Waals surface area contributed by atoms with E-state index in [-0.39, 0.29) is 11.7 Å². The van der Waals surface area contributed by atoms with Crippen molar-refractivity contribution in [2.45, 2.75) is 19.5 Å². The number of hydrogen-bond donors (Lipinski definition) is 1. The first kappa shape index (κ1) is 13.1. The van der Waals surface area contributed by atoms with Crippen molar-refractivity contribution in [3.8, 4) is 0 Å². The average molecular weight is 281 g/mol. The maximum Gasteiger partial charge on any atom is 0.452 e. The van der Waals surface area contributed by atoms with Crippen LogP contribution in [-0.4, -0.2) is 33.5 Å². The van der Waals surface area contributed by atoms with Crippen molar-refractivity contribution < 1.29 is 23.1 Å². The van der Waals surface area contributed by atoms with E-state index in [4.69, 9.17) is 5.11 Å². The number of nitrogens with zero attached hydrogens (tertiary/aromatic N) is 3. The molecular formula is C9H10F3N3O2S. The summed E-state index contributed by atoms with van der Waals surface area (Å²) in [4.78, 5) is 16.0. The lowest BCUT2D eigenvalue weighted by atomic mass is 9.90. The van der Waals surface area contributed by atoms with Gasteiger partial charge in [0.2, 0.25) is 11.0 Å². The first-order valence-corrected chi connectivity index (χ1v) is 5.89. The van der Waals surface area contributed by atoms with Crippen molar-refractivity contribution in [2.24, 2.45) is 5.41 Å². The first-order valence-electron chi connectivity index (χ1n) is 5.12. The number of halogens is 3. The third-order valence-corrected chi connectivity index (χ3v) is 3.71. The van der Waals surface area contributed by atoms with Gasteiger partial charge in [-0.2, -0.15) is 22.5 Å². The van der Waals surface area contributed by atoms with Crippen LogP contribution in [0.3, 0.4) is 0 Å². The number of alkyl halides is 3. The highest BCUT2D eigenvalue weighted by Crippen LogP contribution is 2.36. The summed E-state index contributed by atoms with van der Waals surface area (Å²) in [5.41, 5.74) is -0.940. The highest BCUT2D eigenvalue weighted by molar-refractivity contribution is 7.09. The molecule has 0 bridgehead atoms. The molecule has 1 aromatic rings. The maximum atomic E-state index is 12.3. The molecule has 1 unspecified atom stereocenters. The van der Waals surface area contributed by atoms with Crippen molar-refractivity contribution in [1.82, 2.24) is 9.36 Å². The summed E-state index contributed by atoms with van der Waals surface area (Å²) < 4.78 is 40.3. The molecule has 1 N–H and O–H groups in total. The highest BCUT2D eigenvalue weighted by atomic mass is 32.1. The second kappa shape index (κ2) is 4.08. The van der Waals surface area contributed by atoms with Crippen LogP contribution >= 0.6 is 11.5 Å². The summed E-state index contributed by atoms with van der Waals surface area (Å²) in [5.74, 6) is -2.13. The molecule has 0 aromatic carbocycles. The van der Waals surface area contributed by atoms with Crippen LogP contribution in [0, 0.1) is 5.41 Å². The summed E-state index contributed by atoms with van der Waals surface area (Å²) in [6.07, 6.45) is -4.19. The summed E-state index contributed by atoms with van der Waals surface area (Å²) in [6.45, 7) is 2.09. The minimum absolute atomic E-state index is 0.118. The number of aromatic nitrogens is 2. The van der Waals surface area contributed by atoms with E-state index in [0.717, 1.165) is 0 Å². The zero-order chi connectivity index (χ0) is 13.6. The Balaban J connectivity index is 2.15. The van der Waals surface area contributed by atoms with Crippen LogP contribution in [0.25, 0.3) is 0 Å². The van der Waals surface area contributed by atoms with Gasteiger partial charge in [-0.25, -0.2) is 0 Å². The standard InChI is InChI=1S/C9H10F3N3O2S/c1-8(6(16)17)2-3-15(4-8)7-13-5(14-18-7)9(10,11)12/h2-4H2,1H3,(H,16,17). The molecule has 1 aliphatic heterocycles. The molecule has 0 radical (unpaired) electrons. The van der Waals surface area contributed by atoms with Crippen LogP contribution in [0.5, 0.6) is 0 Å². The van der Waals surface area contributed by atoms with Gasteiger partial charge in [0.25, 0.3) is 0 Å². The molecule has 1 atom stereocenters. The molecule has 0 aliphatic carbocycles. The molecule has 5 nitrogen and oxygen atoms in total. The lowest BCUT2D eigenvalue weighted by molar-refractivity contribution is -0.146. The van der Waals surface area contributed by atoms with E-state index >= 15 is 0 Å². The quantitative estimate of drug-likeness (QED) is 0.896. The molecule has 0 spiro atoms. The molecule has 0 saturated carbocycles. The van der Waals surface area contributed by atoms with Crippen molar-refractivity contribution in [1.29, 1.82) is 0 Å². The zero-order valence-corrected chi connectivity index (χ0v) is 10.2. The van der Waals surface area contributed by atoms with Gasteiger partial charge in [-0.15, -0.1) is 0 Å². The fourth-order valence-electron chi connectivity index (χ4n) is 1.76. The van der Waals surface area contributed by atoms with E-state index in [2.05, 4.69) is 9.36 Å². The van der Waals surface area contributed by atoms with E-state index in [1.54, 1.807) is 6.92 Å². The molecule has 2 rings (SSSR count). The lowest BCUT2D eigenvalue weighted by Crippen LogP contribution is -2.31. The molecule has 1 aliphatic rings. The van der Waals surface area contributed by atoms with Gasteiger partial charge in [0.15, 0.2) is 0 Å². The Morgan fingerprint density at radius 2 is 2.22 bits per heavy atom. The first-order chi connectivity index (χ1) is 8.22. The minimum atomic E-state index is -4.56. The van der Waals surface area contributed by atoms with Crippen molar-refractivity contribution in [3.05, 3.63) is 5.82 Å². The summed E-state index contributed by atoms with van der Waals surface area (Å²) >= 11 is 0.638. The van der Waals surface area contributed by atoms with Gasteiger partial charge in [-0.1, -0.05) is 0 Å². The fourth-order valence-corrected chi connectivity index (χ4v) is 2.47. The number of hydrogen-bond acceptors (Lipinski definition) is 5. The molecule has 0 amide bonds. The zero-order valence-electron chi connectivity index (χ0n) is 9.36. The van der Waals surface area contributed by atoms with Crippen LogP contribution < -0.4 is 4.90 Å². The van der Waals surface area contributed by atoms with Gasteiger partial charge in [-0.05, 0) is 13.3 Å². The SMILES string of the molecule is CC1(C(=O)O)CCN(c2nc(C(F)(F)F)ns2)C1. The predicted octanol–water partition coefficient (Wildman–Crippen LogP) is 1.86. The molecule has 1 fully saturated rings. The highest BCUT2D eigenvalue weighted by Gasteiger charge is 2.42. The third kappa shape index (κ3) is 2.26. The van der Waals surface area contributed by atoms with Crippen LogP contribution in [0.1, 0.15) is 19.2 Å². The number of carboxylic acids is 1. The smallest absolute Gasteiger partial charge is 0.452 e. The number of carboxylic acid groups (broad SMARTS) is 1. The largest absolute Gasteiger partial charge is 0.481 e. The van der Waals surface area contributed by atoms with E-state index in [1.165, 1.54) is 4.90 Å². The molecular weight excluding hydrogens is 271 g/mol. The molecule has 9 heteroatoms. The second-order valence-corrected chi connectivity index (χ2v) is 5.17. The van der Waals surface area contributed by atoms with E-state index in [0.29, 0.717) is 24.5 Å². The average Bonchev–Trinajstić information content (AvgIpc) is 2.82. The van der Waals surface area contributed by atoms with E-state index < -0.39 is 23.4 Å². The third-order valence-electron chi connectivity index (χ3n) is 2.93. The van der Waals surface area contributed by atoms with Crippen LogP contribution in [0.15, 0.2) is 0 Å². The lowest BCUT2D eigenvalue weighted by Gasteiger charge is -2.18. The summed E-state index contributed by atoms with van der Waals surface area (Å²) in [7, 11) is 0. The molecule has 18 heavy (non-hydrogen) atoms. The van der Waals surface area contributed by atoms with E-state index in [1.807, 2.05) is 0 Å². The minimum Gasteiger partial charge on any atom is -0.481 e. The normalized spacial score (nSPS) is 24.6. The predicted molar refractivity (Wildman–Crippen MR) is 57.5 cm³/mol. The Morgan fingerprint density at radius 3 is 2.67 bits per heavy atom. The Labute approximate surface area is 104 Å². The van der Waals surface area contributed by atoms with Crippen molar-refractivity contribution in [2.75, 3.05) is 18.0 Å². The molecule has 100 valence electrons. The second-order valence-electron chi connectivity index (χ2n) is 4.44. The Kier molecular flexibility index (Phi) is 2.96. The number of carbonyl (C=O) groups is 1. The molecule has 2 heterocycles. The Hall–Kier alpha value is -1.38. The van der Waals surface area contributed by atoms with Gasteiger partial charge < -0.3 is 10.0 Å². The summed E-state index contributed by atoms with van der Waals surface area (Å²) in [5, 5.41) is 9.15. The molecule has 1 aromatic heterocycles. The van der Waals surface area contributed by atoms with Crippen molar-refractivity contribution in [3.63, 3.8) is 0 Å². The maximum absolute atomic E-state index is 12.3. The topological polar surface area (TPSA) is 66.3 Å². The van der Waals surface area contributed by atoms with Crippen LogP contribution in [-0.2, 0) is 11.0 Å². The van der Waals surface area contributed by atoms with Crippen molar-refractivity contribution >= 4 is 22.6 Å². The van der Waals surface area contributed by atoms with Crippen LogP contribution in [0.2, 0.25) is 0 Å². The number of aliphatic carboxylic acids is 1. The van der Waals surface area contributed by atoms with Gasteiger partial charge in [-0.3, -0.25) is 4.79 Å².